The molecule has 0 amide bonds. The third kappa shape index (κ3) is 3.60. The average molecular weight is 292 g/mol. The third-order valence-electron chi connectivity index (χ3n) is 3.12. The van der Waals surface area contributed by atoms with Crippen LogP contribution in [0, 0.1) is 6.92 Å². The molecule has 2 aromatic heterocycles. The van der Waals surface area contributed by atoms with Gasteiger partial charge in [0, 0.05) is 39.0 Å². The molecule has 3 N–H and O–H groups in total. The number of hydrogen-bond donors (Lipinski definition) is 2. The molecule has 2 aromatic rings. The molecular weight excluding hydrogens is 272 g/mol. The molecule has 8 heteroatoms. The first-order chi connectivity index (χ1) is 10.2. The molecular formula is C13H20N6O2. The van der Waals surface area contributed by atoms with Gasteiger partial charge in [0.25, 0.3) is 0 Å². The summed E-state index contributed by atoms with van der Waals surface area (Å²) < 4.78 is 6.93. The van der Waals surface area contributed by atoms with Crippen LogP contribution >= 0.6 is 0 Å². The van der Waals surface area contributed by atoms with Gasteiger partial charge in [0.1, 0.15) is 11.4 Å². The highest BCUT2D eigenvalue weighted by molar-refractivity contribution is 5.80. The lowest BCUT2D eigenvalue weighted by Gasteiger charge is -2.23. The average Bonchev–Trinajstić information content (AvgIpc) is 2.87. The summed E-state index contributed by atoms with van der Waals surface area (Å²) in [6.45, 7) is 3.74. The van der Waals surface area contributed by atoms with Crippen molar-refractivity contribution in [3.8, 4) is 0 Å². The Labute approximate surface area is 122 Å². The molecule has 8 nitrogen and oxygen atoms in total. The third-order valence-corrected chi connectivity index (χ3v) is 3.12. The molecule has 0 spiro atoms. The molecule has 0 aliphatic rings. The van der Waals surface area contributed by atoms with E-state index in [1.165, 1.54) is 0 Å². The van der Waals surface area contributed by atoms with Crippen LogP contribution in [0.3, 0.4) is 0 Å². The lowest BCUT2D eigenvalue weighted by atomic mass is 10.3. The summed E-state index contributed by atoms with van der Waals surface area (Å²) in [7, 11) is 1.65. The largest absolute Gasteiger partial charge is 0.409 e. The number of nitrogens with two attached hydrogens (primary N) is 1. The highest BCUT2D eigenvalue weighted by Gasteiger charge is 2.14. The minimum Gasteiger partial charge on any atom is -0.409 e. The Balaban J connectivity index is 2.28. The van der Waals surface area contributed by atoms with Crippen molar-refractivity contribution < 1.29 is 9.94 Å². The topological polar surface area (TPSA) is 101 Å². The molecule has 0 saturated carbocycles. The van der Waals surface area contributed by atoms with Gasteiger partial charge in [-0.3, -0.25) is 0 Å². The number of fused-ring (bicyclic) bond motifs is 1. The number of hydrogen-bond acceptors (Lipinski definition) is 6. The van der Waals surface area contributed by atoms with Gasteiger partial charge in [-0.1, -0.05) is 5.16 Å². The van der Waals surface area contributed by atoms with Crippen LogP contribution in [-0.4, -0.2) is 52.4 Å². The summed E-state index contributed by atoms with van der Waals surface area (Å²) >= 11 is 0. The highest BCUT2D eigenvalue weighted by atomic mass is 16.5. The van der Waals surface area contributed by atoms with Crippen LogP contribution in [0.15, 0.2) is 23.6 Å². The molecule has 0 aromatic carbocycles. The van der Waals surface area contributed by atoms with Crippen LogP contribution in [0.1, 0.15) is 12.1 Å². The van der Waals surface area contributed by atoms with Crippen molar-refractivity contribution in [1.29, 1.82) is 0 Å². The number of amidine groups is 1. The lowest BCUT2D eigenvalue weighted by Crippen LogP contribution is -2.32. The molecule has 114 valence electrons. The number of aryl methyl sites for hydroxylation is 1. The predicted octanol–water partition coefficient (Wildman–Crippen LogP) is 0.627. The summed E-state index contributed by atoms with van der Waals surface area (Å²) in [6, 6.07) is 1.98. The number of oxime groups is 1. The first-order valence-corrected chi connectivity index (χ1v) is 6.67. The summed E-state index contributed by atoms with van der Waals surface area (Å²) in [5, 5.41) is 16.0. The van der Waals surface area contributed by atoms with Crippen molar-refractivity contribution in [3.63, 3.8) is 0 Å². The lowest BCUT2D eigenvalue weighted by molar-refractivity contribution is 0.205. The van der Waals surface area contributed by atoms with Gasteiger partial charge < -0.3 is 20.6 Å². The summed E-state index contributed by atoms with van der Waals surface area (Å²) in [6.07, 6.45) is 3.96. The maximum absolute atomic E-state index is 8.66. The molecule has 0 unspecified atom stereocenters. The van der Waals surface area contributed by atoms with E-state index < -0.39 is 0 Å². The number of rotatable bonds is 7. The molecule has 0 atom stereocenters. The summed E-state index contributed by atoms with van der Waals surface area (Å²) in [4.78, 5) is 6.48. The zero-order chi connectivity index (χ0) is 15.2. The second-order valence-corrected chi connectivity index (χ2v) is 4.69. The van der Waals surface area contributed by atoms with Crippen LogP contribution < -0.4 is 10.6 Å². The van der Waals surface area contributed by atoms with Crippen LogP contribution in [0.5, 0.6) is 0 Å². The zero-order valence-electron chi connectivity index (χ0n) is 12.2. The normalized spacial score (nSPS) is 12.0. The van der Waals surface area contributed by atoms with E-state index >= 15 is 0 Å². The first kappa shape index (κ1) is 15.0. The second kappa shape index (κ2) is 6.89. The van der Waals surface area contributed by atoms with Gasteiger partial charge in [0.05, 0.1) is 12.3 Å². The van der Waals surface area contributed by atoms with Crippen molar-refractivity contribution in [1.82, 2.24) is 14.6 Å². The quantitative estimate of drug-likeness (QED) is 0.336. The molecule has 2 heterocycles. The van der Waals surface area contributed by atoms with Crippen LogP contribution in [-0.2, 0) is 4.74 Å². The SMILES string of the molecule is COCCN(CC/C(N)=N/O)c1nccn2nc(C)cc12. The molecule has 0 radical (unpaired) electrons. The van der Waals surface area contributed by atoms with Crippen LogP contribution in [0.2, 0.25) is 0 Å². The number of nitrogens with zero attached hydrogens (tertiary/aromatic N) is 5. The number of ether oxygens (including phenoxy) is 1. The molecule has 0 fully saturated rings. The Morgan fingerprint density at radius 3 is 3.05 bits per heavy atom. The van der Waals surface area contributed by atoms with Crippen molar-refractivity contribution in [3.05, 3.63) is 24.2 Å². The second-order valence-electron chi connectivity index (χ2n) is 4.69. The van der Waals surface area contributed by atoms with Crippen LogP contribution in [0.4, 0.5) is 5.82 Å². The van der Waals surface area contributed by atoms with Gasteiger partial charge in [-0.2, -0.15) is 5.10 Å². The van der Waals surface area contributed by atoms with E-state index in [-0.39, 0.29) is 5.84 Å². The minimum atomic E-state index is 0.189. The zero-order valence-corrected chi connectivity index (χ0v) is 12.2. The highest BCUT2D eigenvalue weighted by Crippen LogP contribution is 2.19. The monoisotopic (exact) mass is 292 g/mol. The molecule has 0 aliphatic carbocycles. The number of aromatic nitrogens is 3. The Morgan fingerprint density at radius 1 is 1.52 bits per heavy atom. The smallest absolute Gasteiger partial charge is 0.154 e. The van der Waals surface area contributed by atoms with E-state index in [0.29, 0.717) is 26.1 Å². The van der Waals surface area contributed by atoms with E-state index in [9.17, 15) is 0 Å². The van der Waals surface area contributed by atoms with E-state index in [2.05, 4.69) is 15.2 Å². The summed E-state index contributed by atoms with van der Waals surface area (Å²) in [5.41, 5.74) is 7.39. The maximum atomic E-state index is 8.66. The molecule has 0 saturated heterocycles. The Hall–Kier alpha value is -2.35. The maximum Gasteiger partial charge on any atom is 0.154 e. The van der Waals surface area contributed by atoms with Crippen molar-refractivity contribution in [2.45, 2.75) is 13.3 Å². The standard InChI is InChI=1S/C13H20N6O2/c1-10-9-11-13(15-4-6-19(11)16-10)18(7-8-21-2)5-3-12(14)17-20/h4,6,9,20H,3,5,7-8H2,1-2H3,(H2,14,17). The first-order valence-electron chi connectivity index (χ1n) is 6.67. The minimum absolute atomic E-state index is 0.189. The number of methoxy groups -OCH3 is 1. The van der Waals surface area contributed by atoms with E-state index in [1.54, 1.807) is 17.8 Å². The predicted molar refractivity (Wildman–Crippen MR) is 79.8 cm³/mol. The Bertz CT molecular complexity index is 624. The fourth-order valence-corrected chi connectivity index (χ4v) is 2.10. The van der Waals surface area contributed by atoms with Gasteiger partial charge in [-0.25, -0.2) is 9.50 Å². The molecule has 2 rings (SSSR count). The molecule has 0 aliphatic heterocycles. The van der Waals surface area contributed by atoms with Gasteiger partial charge in [0.15, 0.2) is 5.82 Å². The van der Waals surface area contributed by atoms with E-state index in [4.69, 9.17) is 15.7 Å². The van der Waals surface area contributed by atoms with E-state index in [0.717, 1.165) is 17.0 Å². The van der Waals surface area contributed by atoms with Crippen molar-refractivity contribution in [2.24, 2.45) is 10.9 Å². The Morgan fingerprint density at radius 2 is 2.33 bits per heavy atom. The van der Waals surface area contributed by atoms with Gasteiger partial charge in [-0.05, 0) is 13.0 Å². The van der Waals surface area contributed by atoms with Crippen LogP contribution in [0.25, 0.3) is 5.52 Å². The molecule has 0 bridgehead atoms. The van der Waals surface area contributed by atoms with Gasteiger partial charge >= 0.3 is 0 Å². The van der Waals surface area contributed by atoms with Gasteiger partial charge in [0.2, 0.25) is 0 Å². The summed E-state index contributed by atoms with van der Waals surface area (Å²) in [5.74, 6) is 0.995. The van der Waals surface area contributed by atoms with Crippen molar-refractivity contribution >= 4 is 17.2 Å². The fraction of sp³-hybridized carbons (Fsp3) is 0.462. The Kier molecular flexibility index (Phi) is 4.94. The van der Waals surface area contributed by atoms with E-state index in [1.807, 2.05) is 24.1 Å². The van der Waals surface area contributed by atoms with Gasteiger partial charge in [-0.15, -0.1) is 0 Å². The molecule has 21 heavy (non-hydrogen) atoms. The van der Waals surface area contributed by atoms with Crippen molar-refractivity contribution in [2.75, 3.05) is 31.7 Å². The number of anilines is 1. The fourth-order valence-electron chi connectivity index (χ4n) is 2.10.